The second-order valence-electron chi connectivity index (χ2n) is 5.00. The molecule has 0 radical (unpaired) electrons. The number of non-ortho nitro benzene ring substituents is 1. The fourth-order valence-electron chi connectivity index (χ4n) is 2.22. The van der Waals surface area contributed by atoms with Crippen LogP contribution in [0.2, 0.25) is 0 Å². The summed E-state index contributed by atoms with van der Waals surface area (Å²) in [5.74, 6) is -0.367. The molecule has 0 aliphatic heterocycles. The molecule has 0 spiro atoms. The zero-order valence-corrected chi connectivity index (χ0v) is 12.4. The quantitative estimate of drug-likeness (QED) is 0.406. The van der Waals surface area contributed by atoms with Crippen LogP contribution in [0, 0.1) is 15.9 Å². The van der Waals surface area contributed by atoms with E-state index in [1.807, 2.05) is 0 Å². The van der Waals surface area contributed by atoms with E-state index in [9.17, 15) is 14.5 Å². The highest BCUT2D eigenvalue weighted by atomic mass is 19.1. The Kier molecular flexibility index (Phi) is 4.42. The van der Waals surface area contributed by atoms with Gasteiger partial charge in [0, 0.05) is 29.3 Å². The Balaban J connectivity index is 1.69. The second-order valence-corrected chi connectivity index (χ2v) is 5.00. The number of nitro groups is 1. The summed E-state index contributed by atoms with van der Waals surface area (Å²) in [5.41, 5.74) is 1.91. The van der Waals surface area contributed by atoms with E-state index in [0.29, 0.717) is 22.0 Å². The zero-order valence-electron chi connectivity index (χ0n) is 12.4. The first-order chi connectivity index (χ1) is 11.6. The number of hydrogen-bond acceptors (Lipinski definition) is 5. The summed E-state index contributed by atoms with van der Waals surface area (Å²) < 4.78 is 13.6. The Labute approximate surface area is 136 Å². The Morgan fingerprint density at radius 2 is 2.04 bits per heavy atom. The number of fused-ring (bicyclic) bond motifs is 1. The summed E-state index contributed by atoms with van der Waals surface area (Å²) in [7, 11) is 0. The van der Waals surface area contributed by atoms with Crippen molar-refractivity contribution < 1.29 is 14.2 Å². The van der Waals surface area contributed by atoms with Gasteiger partial charge in [-0.15, -0.1) is 0 Å². The summed E-state index contributed by atoms with van der Waals surface area (Å²) in [6.45, 7) is 0.0642. The van der Waals surface area contributed by atoms with Crippen molar-refractivity contribution in [3.8, 4) is 0 Å². The number of nitrogens with zero attached hydrogens (tertiary/aromatic N) is 3. The van der Waals surface area contributed by atoms with Crippen LogP contribution in [-0.2, 0) is 11.4 Å². The van der Waals surface area contributed by atoms with Crippen molar-refractivity contribution in [2.24, 2.45) is 5.16 Å². The molecule has 24 heavy (non-hydrogen) atoms. The van der Waals surface area contributed by atoms with Gasteiger partial charge < -0.3 is 4.84 Å². The van der Waals surface area contributed by atoms with Crippen LogP contribution in [0.1, 0.15) is 11.1 Å². The molecule has 6 nitrogen and oxygen atoms in total. The van der Waals surface area contributed by atoms with Crippen LogP contribution in [0.4, 0.5) is 10.1 Å². The van der Waals surface area contributed by atoms with E-state index in [4.69, 9.17) is 4.84 Å². The maximum absolute atomic E-state index is 13.6. The van der Waals surface area contributed by atoms with Gasteiger partial charge in [-0.3, -0.25) is 15.1 Å². The van der Waals surface area contributed by atoms with Crippen molar-refractivity contribution >= 4 is 22.8 Å². The van der Waals surface area contributed by atoms with Gasteiger partial charge in [0.05, 0.1) is 16.7 Å². The van der Waals surface area contributed by atoms with Crippen LogP contribution < -0.4 is 0 Å². The minimum atomic E-state index is -0.473. The minimum absolute atomic E-state index is 0.00498. The summed E-state index contributed by atoms with van der Waals surface area (Å²) in [4.78, 5) is 19.5. The van der Waals surface area contributed by atoms with E-state index in [-0.39, 0.29) is 18.1 Å². The van der Waals surface area contributed by atoms with Gasteiger partial charge in [-0.2, -0.15) is 0 Å². The first-order valence-electron chi connectivity index (χ1n) is 7.06. The fraction of sp³-hybridized carbons (Fsp3) is 0.0588. The molecule has 3 aromatic rings. The van der Waals surface area contributed by atoms with Gasteiger partial charge in [-0.05, 0) is 35.9 Å². The van der Waals surface area contributed by atoms with E-state index in [0.717, 1.165) is 0 Å². The molecule has 0 saturated carbocycles. The zero-order chi connectivity index (χ0) is 16.9. The van der Waals surface area contributed by atoms with Crippen LogP contribution in [0.5, 0.6) is 0 Å². The lowest BCUT2D eigenvalue weighted by Crippen LogP contribution is -1.94. The van der Waals surface area contributed by atoms with Crippen molar-refractivity contribution in [2.75, 3.05) is 0 Å². The molecule has 0 amide bonds. The van der Waals surface area contributed by atoms with Crippen molar-refractivity contribution in [1.82, 2.24) is 4.98 Å². The molecule has 0 N–H and O–H groups in total. The molecule has 7 heteroatoms. The number of hydrogen-bond donors (Lipinski definition) is 0. The minimum Gasteiger partial charge on any atom is -0.391 e. The summed E-state index contributed by atoms with van der Waals surface area (Å²) in [6.07, 6.45) is 3.06. The van der Waals surface area contributed by atoms with Gasteiger partial charge in [-0.25, -0.2) is 4.39 Å². The molecule has 120 valence electrons. The molecule has 0 aliphatic rings. The molecule has 0 aliphatic carbocycles. The molecular weight excluding hydrogens is 313 g/mol. The molecule has 0 fully saturated rings. The molecule has 0 unspecified atom stereocenters. The maximum atomic E-state index is 13.6. The van der Waals surface area contributed by atoms with Gasteiger partial charge in [-0.1, -0.05) is 11.2 Å². The maximum Gasteiger partial charge on any atom is 0.269 e. The highest BCUT2D eigenvalue weighted by Crippen LogP contribution is 2.19. The van der Waals surface area contributed by atoms with Crippen LogP contribution in [0.3, 0.4) is 0 Å². The number of oxime groups is 1. The van der Waals surface area contributed by atoms with Gasteiger partial charge in [0.2, 0.25) is 0 Å². The molecule has 0 atom stereocenters. The summed E-state index contributed by atoms with van der Waals surface area (Å²) in [6, 6.07) is 12.2. The third-order valence-electron chi connectivity index (χ3n) is 3.35. The van der Waals surface area contributed by atoms with Gasteiger partial charge in [0.25, 0.3) is 5.69 Å². The third-order valence-corrected chi connectivity index (χ3v) is 3.35. The Morgan fingerprint density at radius 1 is 1.25 bits per heavy atom. The number of aromatic nitrogens is 1. The SMILES string of the molecule is O=[N+]([O-])c1ccc(/C=N/OCc2cc(F)cc3cccnc23)cc1. The molecule has 1 heterocycles. The largest absolute Gasteiger partial charge is 0.391 e. The molecule has 3 rings (SSSR count). The van der Waals surface area contributed by atoms with Crippen molar-refractivity contribution in [2.45, 2.75) is 6.61 Å². The molecule has 2 aromatic carbocycles. The fourth-order valence-corrected chi connectivity index (χ4v) is 2.22. The Bertz CT molecular complexity index is 911. The summed E-state index contributed by atoms with van der Waals surface area (Å²) >= 11 is 0. The van der Waals surface area contributed by atoms with E-state index < -0.39 is 4.92 Å². The number of pyridine rings is 1. The smallest absolute Gasteiger partial charge is 0.269 e. The number of halogens is 1. The average molecular weight is 325 g/mol. The second kappa shape index (κ2) is 6.82. The highest BCUT2D eigenvalue weighted by Gasteiger charge is 2.06. The third kappa shape index (κ3) is 3.52. The first-order valence-corrected chi connectivity index (χ1v) is 7.06. The number of nitro benzene ring substituents is 1. The molecule has 0 bridgehead atoms. The lowest BCUT2D eigenvalue weighted by Gasteiger charge is -2.05. The van der Waals surface area contributed by atoms with E-state index >= 15 is 0 Å². The Morgan fingerprint density at radius 3 is 2.79 bits per heavy atom. The first kappa shape index (κ1) is 15.5. The lowest BCUT2D eigenvalue weighted by molar-refractivity contribution is -0.384. The predicted octanol–water partition coefficient (Wildman–Crippen LogP) is 3.83. The highest BCUT2D eigenvalue weighted by molar-refractivity contribution is 5.81. The Hall–Kier alpha value is -3.35. The predicted molar refractivity (Wildman–Crippen MR) is 87.2 cm³/mol. The normalized spacial score (nSPS) is 11.0. The number of rotatable bonds is 5. The van der Waals surface area contributed by atoms with E-state index in [1.165, 1.54) is 30.5 Å². The molecule has 0 saturated heterocycles. The summed E-state index contributed by atoms with van der Waals surface area (Å²) in [5, 5.41) is 15.1. The standard InChI is InChI=1S/C17H12FN3O3/c18-15-8-13-2-1-7-19-17(13)14(9-15)11-24-20-10-12-3-5-16(6-4-12)21(22)23/h1-10H,11H2/b20-10+. The van der Waals surface area contributed by atoms with Crippen LogP contribution >= 0.6 is 0 Å². The average Bonchev–Trinajstić information content (AvgIpc) is 2.58. The van der Waals surface area contributed by atoms with Crippen LogP contribution in [-0.4, -0.2) is 16.1 Å². The monoisotopic (exact) mass is 325 g/mol. The topological polar surface area (TPSA) is 77.6 Å². The number of benzene rings is 2. The van der Waals surface area contributed by atoms with Crippen molar-refractivity contribution in [1.29, 1.82) is 0 Å². The van der Waals surface area contributed by atoms with Crippen LogP contribution in [0.15, 0.2) is 59.9 Å². The van der Waals surface area contributed by atoms with E-state index in [1.54, 1.807) is 30.5 Å². The van der Waals surface area contributed by atoms with Crippen molar-refractivity contribution in [3.63, 3.8) is 0 Å². The van der Waals surface area contributed by atoms with Gasteiger partial charge in [0.1, 0.15) is 12.4 Å². The molecule has 1 aromatic heterocycles. The van der Waals surface area contributed by atoms with Crippen LogP contribution in [0.25, 0.3) is 10.9 Å². The van der Waals surface area contributed by atoms with Gasteiger partial charge >= 0.3 is 0 Å². The van der Waals surface area contributed by atoms with E-state index in [2.05, 4.69) is 10.1 Å². The lowest BCUT2D eigenvalue weighted by atomic mass is 10.1. The van der Waals surface area contributed by atoms with Gasteiger partial charge in [0.15, 0.2) is 0 Å². The van der Waals surface area contributed by atoms with Crippen molar-refractivity contribution in [3.05, 3.63) is 81.8 Å². The molecular formula is C17H12FN3O3.